The van der Waals surface area contributed by atoms with Crippen LogP contribution in [0.1, 0.15) is 11.1 Å². The lowest BCUT2D eigenvalue weighted by Gasteiger charge is -2.18. The lowest BCUT2D eigenvalue weighted by molar-refractivity contribution is 1.29. The molecule has 0 aliphatic rings. The van der Waals surface area contributed by atoms with Crippen LogP contribution >= 0.6 is 0 Å². The molecule has 0 bridgehead atoms. The SMILES string of the molecule is Cc1ccncc1-c1ccc(-c2c3ccccc3c(-c3ccc(-c4ccccn4)c(C)c3)c3ccccc23)cc1. The van der Waals surface area contributed by atoms with E-state index in [9.17, 15) is 0 Å². The van der Waals surface area contributed by atoms with Gasteiger partial charge in [-0.2, -0.15) is 0 Å². The van der Waals surface area contributed by atoms with Crippen molar-refractivity contribution in [1.29, 1.82) is 0 Å². The fourth-order valence-electron chi connectivity index (χ4n) is 5.96. The topological polar surface area (TPSA) is 25.8 Å². The zero-order chi connectivity index (χ0) is 27.1. The summed E-state index contributed by atoms with van der Waals surface area (Å²) in [6.07, 6.45) is 5.65. The number of pyridine rings is 2. The van der Waals surface area contributed by atoms with Crippen molar-refractivity contribution in [3.05, 3.63) is 145 Å². The highest BCUT2D eigenvalue weighted by molar-refractivity contribution is 6.21. The minimum absolute atomic E-state index is 1.00. The number of benzene rings is 5. The number of fused-ring (bicyclic) bond motifs is 2. The van der Waals surface area contributed by atoms with Gasteiger partial charge >= 0.3 is 0 Å². The van der Waals surface area contributed by atoms with E-state index in [0.717, 1.165) is 5.69 Å². The molecular weight excluding hydrogens is 484 g/mol. The summed E-state index contributed by atoms with van der Waals surface area (Å²) < 4.78 is 0. The Morgan fingerprint density at radius 1 is 0.450 bits per heavy atom. The molecule has 2 aromatic heterocycles. The van der Waals surface area contributed by atoms with Crippen LogP contribution in [0.2, 0.25) is 0 Å². The molecular formula is C38H28N2. The second-order valence-electron chi connectivity index (χ2n) is 10.4. The molecule has 0 spiro atoms. The van der Waals surface area contributed by atoms with E-state index in [1.807, 2.05) is 30.7 Å². The molecule has 40 heavy (non-hydrogen) atoms. The summed E-state index contributed by atoms with van der Waals surface area (Å²) in [6.45, 7) is 4.31. The van der Waals surface area contributed by atoms with E-state index in [2.05, 4.69) is 127 Å². The number of hydrogen-bond acceptors (Lipinski definition) is 2. The van der Waals surface area contributed by atoms with Gasteiger partial charge in [0.1, 0.15) is 0 Å². The molecule has 0 atom stereocenters. The normalized spacial score (nSPS) is 11.2. The Kier molecular flexibility index (Phi) is 5.94. The number of nitrogens with zero attached hydrogens (tertiary/aromatic N) is 2. The summed E-state index contributed by atoms with van der Waals surface area (Å²) >= 11 is 0. The highest BCUT2D eigenvalue weighted by Gasteiger charge is 2.17. The van der Waals surface area contributed by atoms with Crippen LogP contribution in [-0.2, 0) is 0 Å². The third kappa shape index (κ3) is 4.06. The van der Waals surface area contributed by atoms with Crippen LogP contribution < -0.4 is 0 Å². The summed E-state index contributed by atoms with van der Waals surface area (Å²) in [7, 11) is 0. The molecule has 0 aliphatic carbocycles. The molecule has 7 aromatic rings. The fraction of sp³-hybridized carbons (Fsp3) is 0.0526. The third-order valence-corrected chi connectivity index (χ3v) is 7.91. The molecule has 7 rings (SSSR count). The van der Waals surface area contributed by atoms with Crippen LogP contribution in [0.15, 0.2) is 134 Å². The highest BCUT2D eigenvalue weighted by atomic mass is 14.7. The monoisotopic (exact) mass is 512 g/mol. The Morgan fingerprint density at radius 2 is 1.02 bits per heavy atom. The molecule has 0 N–H and O–H groups in total. The summed E-state index contributed by atoms with van der Waals surface area (Å²) in [5.41, 5.74) is 11.9. The van der Waals surface area contributed by atoms with E-state index in [-0.39, 0.29) is 0 Å². The lowest BCUT2D eigenvalue weighted by Crippen LogP contribution is -1.92. The van der Waals surface area contributed by atoms with Crippen molar-refractivity contribution in [2.24, 2.45) is 0 Å². The third-order valence-electron chi connectivity index (χ3n) is 7.91. The van der Waals surface area contributed by atoms with Gasteiger partial charge in [0.05, 0.1) is 5.69 Å². The first-order valence-corrected chi connectivity index (χ1v) is 13.7. The van der Waals surface area contributed by atoms with Crippen molar-refractivity contribution in [3.63, 3.8) is 0 Å². The molecule has 2 nitrogen and oxygen atoms in total. The molecule has 0 aliphatic heterocycles. The van der Waals surface area contributed by atoms with Gasteiger partial charge in [0.25, 0.3) is 0 Å². The van der Waals surface area contributed by atoms with Gasteiger partial charge in [0, 0.05) is 29.7 Å². The first kappa shape index (κ1) is 24.0. The van der Waals surface area contributed by atoms with Gasteiger partial charge < -0.3 is 0 Å². The maximum Gasteiger partial charge on any atom is 0.0704 e. The molecule has 0 saturated carbocycles. The first-order chi connectivity index (χ1) is 19.7. The standard InChI is InChI=1S/C38H28N2/c1-25-20-22-39-24-35(25)27-14-16-28(17-15-27)37-31-9-3-5-11-33(31)38(34-12-6-4-10-32(34)37)29-18-19-30(26(2)23-29)36-13-7-8-21-40-36/h3-24H,1-2H3. The molecule has 0 radical (unpaired) electrons. The molecule has 2 heteroatoms. The summed E-state index contributed by atoms with van der Waals surface area (Å²) in [5, 5.41) is 5.03. The van der Waals surface area contributed by atoms with Gasteiger partial charge in [-0.3, -0.25) is 9.97 Å². The highest BCUT2D eigenvalue weighted by Crippen LogP contribution is 2.44. The molecule has 0 unspecified atom stereocenters. The van der Waals surface area contributed by atoms with Crippen molar-refractivity contribution < 1.29 is 0 Å². The average molecular weight is 513 g/mol. The van der Waals surface area contributed by atoms with E-state index in [1.54, 1.807) is 0 Å². The minimum Gasteiger partial charge on any atom is -0.264 e. The fourth-order valence-corrected chi connectivity index (χ4v) is 5.96. The van der Waals surface area contributed by atoms with Crippen LogP contribution in [0.4, 0.5) is 0 Å². The zero-order valence-corrected chi connectivity index (χ0v) is 22.6. The predicted octanol–water partition coefficient (Wildman–Crippen LogP) is 10.1. The first-order valence-electron chi connectivity index (χ1n) is 13.7. The van der Waals surface area contributed by atoms with E-state index in [0.29, 0.717) is 0 Å². The summed E-state index contributed by atoms with van der Waals surface area (Å²) in [5.74, 6) is 0. The van der Waals surface area contributed by atoms with Gasteiger partial charge in [0.2, 0.25) is 0 Å². The van der Waals surface area contributed by atoms with Crippen LogP contribution in [0.5, 0.6) is 0 Å². The quantitative estimate of drug-likeness (QED) is 0.219. The Bertz CT molecular complexity index is 1950. The van der Waals surface area contributed by atoms with Gasteiger partial charge in [0.15, 0.2) is 0 Å². The number of hydrogen-bond donors (Lipinski definition) is 0. The predicted molar refractivity (Wildman–Crippen MR) is 168 cm³/mol. The lowest BCUT2D eigenvalue weighted by atomic mass is 9.85. The zero-order valence-electron chi connectivity index (χ0n) is 22.6. The van der Waals surface area contributed by atoms with Crippen molar-refractivity contribution in [2.75, 3.05) is 0 Å². The largest absolute Gasteiger partial charge is 0.264 e. The van der Waals surface area contributed by atoms with Crippen molar-refractivity contribution in [2.45, 2.75) is 13.8 Å². The van der Waals surface area contributed by atoms with Crippen LogP contribution in [-0.4, -0.2) is 9.97 Å². The molecule has 0 amide bonds. The van der Waals surface area contributed by atoms with E-state index in [4.69, 9.17) is 0 Å². The van der Waals surface area contributed by atoms with Gasteiger partial charge in [-0.05, 0) is 92.5 Å². The second kappa shape index (κ2) is 9.91. The van der Waals surface area contributed by atoms with E-state index >= 15 is 0 Å². The Balaban J connectivity index is 1.44. The number of aryl methyl sites for hydroxylation is 2. The molecule has 5 aromatic carbocycles. The van der Waals surface area contributed by atoms with Crippen molar-refractivity contribution in [3.8, 4) is 44.6 Å². The van der Waals surface area contributed by atoms with Gasteiger partial charge in [-0.15, -0.1) is 0 Å². The van der Waals surface area contributed by atoms with Crippen LogP contribution in [0.25, 0.3) is 66.2 Å². The smallest absolute Gasteiger partial charge is 0.0704 e. The van der Waals surface area contributed by atoms with E-state index in [1.165, 1.54) is 71.6 Å². The van der Waals surface area contributed by atoms with Gasteiger partial charge in [-0.1, -0.05) is 97.1 Å². The Morgan fingerprint density at radius 3 is 1.60 bits per heavy atom. The molecule has 190 valence electrons. The Labute approximate surface area is 234 Å². The molecule has 0 fully saturated rings. The van der Waals surface area contributed by atoms with Crippen LogP contribution in [0, 0.1) is 13.8 Å². The van der Waals surface area contributed by atoms with Crippen LogP contribution in [0.3, 0.4) is 0 Å². The van der Waals surface area contributed by atoms with Gasteiger partial charge in [-0.25, -0.2) is 0 Å². The average Bonchev–Trinajstić information content (AvgIpc) is 3.00. The van der Waals surface area contributed by atoms with E-state index < -0.39 is 0 Å². The van der Waals surface area contributed by atoms with Crippen molar-refractivity contribution >= 4 is 21.5 Å². The molecule has 2 heterocycles. The molecule has 0 saturated heterocycles. The maximum atomic E-state index is 4.58. The Hall–Kier alpha value is -5.08. The maximum absolute atomic E-state index is 4.58. The number of rotatable bonds is 4. The van der Waals surface area contributed by atoms with Crippen molar-refractivity contribution in [1.82, 2.24) is 9.97 Å². The summed E-state index contributed by atoms with van der Waals surface area (Å²) in [4.78, 5) is 8.93. The second-order valence-corrected chi connectivity index (χ2v) is 10.4. The minimum atomic E-state index is 1.00. The summed E-state index contributed by atoms with van der Waals surface area (Å²) in [6, 6.07) is 41.5. The number of aromatic nitrogens is 2.